The molecule has 1 N–H and O–H groups in total. The summed E-state index contributed by atoms with van der Waals surface area (Å²) >= 11 is 0. The molecule has 0 aliphatic heterocycles. The van der Waals surface area contributed by atoms with Crippen LogP contribution < -0.4 is 22.5 Å². The Morgan fingerprint density at radius 3 is 2.48 bits per heavy atom. The summed E-state index contributed by atoms with van der Waals surface area (Å²) in [7, 11) is 1.66. The van der Waals surface area contributed by atoms with Crippen LogP contribution in [-0.2, 0) is 13.0 Å². The summed E-state index contributed by atoms with van der Waals surface area (Å²) in [5, 5.41) is 3.34. The van der Waals surface area contributed by atoms with Crippen molar-refractivity contribution in [1.82, 2.24) is 5.32 Å². The van der Waals surface area contributed by atoms with E-state index >= 15 is 0 Å². The van der Waals surface area contributed by atoms with E-state index in [0.29, 0.717) is 17.9 Å². The summed E-state index contributed by atoms with van der Waals surface area (Å²) in [5.74, 6) is 1.94. The molecule has 3 rings (SSSR count). The molecule has 0 amide bonds. The fourth-order valence-corrected chi connectivity index (χ4v) is 2.52. The summed E-state index contributed by atoms with van der Waals surface area (Å²) in [6.07, 6.45) is 0.922. The van der Waals surface area contributed by atoms with E-state index in [0.717, 1.165) is 24.5 Å². The van der Waals surface area contributed by atoms with Crippen LogP contribution in [0.4, 0.5) is 4.39 Å². The number of hydrogen-bond donors (Lipinski definition) is 1. The van der Waals surface area contributed by atoms with Gasteiger partial charge in [0.05, 0.1) is 19.2 Å². The Kier molecular flexibility index (Phi) is 7.04. The number of rotatable bonds is 7. The summed E-state index contributed by atoms with van der Waals surface area (Å²) in [5.41, 5.74) is 1.73. The molecule has 0 atom stereocenters. The number of ether oxygens (including phenoxy) is 1. The first kappa shape index (κ1) is 19.0. The highest BCUT2D eigenvalue weighted by molar-refractivity contribution is 5.58. The molecule has 2 aromatic carbocycles. The van der Waals surface area contributed by atoms with Gasteiger partial charge in [-0.1, -0.05) is 24.3 Å². The molecule has 0 saturated carbocycles. The molecular weight excluding hydrogens is 341 g/mol. The van der Waals surface area contributed by atoms with Crippen molar-refractivity contribution in [3.05, 3.63) is 77.8 Å². The van der Waals surface area contributed by atoms with E-state index in [1.165, 1.54) is 11.6 Å². The van der Waals surface area contributed by atoms with Gasteiger partial charge in [-0.2, -0.15) is 0 Å². The fraction of sp³-hybridized carbons (Fsp3) is 0.200. The highest BCUT2D eigenvalue weighted by Gasteiger charge is 2.08. The third-order valence-electron chi connectivity index (χ3n) is 3.85. The lowest BCUT2D eigenvalue weighted by Crippen LogP contribution is -3.00. The van der Waals surface area contributed by atoms with Gasteiger partial charge in [-0.3, -0.25) is 0 Å². The zero-order valence-corrected chi connectivity index (χ0v) is 14.7. The van der Waals surface area contributed by atoms with Gasteiger partial charge in [0.2, 0.25) is 0 Å². The SMILES string of the molecule is COc1ccc(CCNCc2ccc(-c3ccccc3F)o2)cc1.[Cl-]. The van der Waals surface area contributed by atoms with E-state index in [9.17, 15) is 4.39 Å². The van der Waals surface area contributed by atoms with Crippen LogP contribution >= 0.6 is 0 Å². The third-order valence-corrected chi connectivity index (χ3v) is 3.85. The minimum absolute atomic E-state index is 0. The van der Waals surface area contributed by atoms with Gasteiger partial charge in [0.15, 0.2) is 0 Å². The second kappa shape index (κ2) is 9.25. The molecule has 0 radical (unpaired) electrons. The van der Waals surface area contributed by atoms with Gasteiger partial charge in [0, 0.05) is 0 Å². The van der Waals surface area contributed by atoms with Crippen molar-refractivity contribution >= 4 is 0 Å². The van der Waals surface area contributed by atoms with E-state index in [1.54, 1.807) is 31.4 Å². The quantitative estimate of drug-likeness (QED) is 0.647. The Balaban J connectivity index is 0.00000225. The molecule has 0 saturated heterocycles. The van der Waals surface area contributed by atoms with Crippen molar-refractivity contribution < 1.29 is 26.0 Å². The number of furan rings is 1. The largest absolute Gasteiger partial charge is 1.00 e. The number of hydrogen-bond acceptors (Lipinski definition) is 3. The maximum atomic E-state index is 13.7. The van der Waals surface area contributed by atoms with Crippen molar-refractivity contribution in [1.29, 1.82) is 0 Å². The average molecular weight is 361 g/mol. The standard InChI is InChI=1S/C20H20FNO2.ClH/c1-23-16-8-6-15(7-9-16)12-13-22-14-17-10-11-20(24-17)18-4-2-3-5-19(18)21;/h2-11,22H,12-14H2,1H3;1H/p-1. The van der Waals surface area contributed by atoms with Crippen LogP contribution in [0.1, 0.15) is 11.3 Å². The van der Waals surface area contributed by atoms with E-state index in [1.807, 2.05) is 18.2 Å². The van der Waals surface area contributed by atoms with Gasteiger partial charge >= 0.3 is 0 Å². The fourth-order valence-electron chi connectivity index (χ4n) is 2.52. The average Bonchev–Trinajstić information content (AvgIpc) is 3.08. The van der Waals surface area contributed by atoms with Gasteiger partial charge in [-0.15, -0.1) is 0 Å². The molecule has 3 nitrogen and oxygen atoms in total. The zero-order chi connectivity index (χ0) is 16.8. The topological polar surface area (TPSA) is 34.4 Å². The summed E-state index contributed by atoms with van der Waals surface area (Å²) < 4.78 is 24.6. The normalized spacial score (nSPS) is 10.3. The van der Waals surface area contributed by atoms with Gasteiger partial charge in [-0.25, -0.2) is 4.39 Å². The first-order valence-corrected chi connectivity index (χ1v) is 7.93. The number of benzene rings is 2. The minimum atomic E-state index is -0.272. The Morgan fingerprint density at radius 1 is 1.00 bits per heavy atom. The van der Waals surface area contributed by atoms with Gasteiger partial charge < -0.3 is 26.9 Å². The molecule has 25 heavy (non-hydrogen) atoms. The molecule has 0 aliphatic rings. The highest BCUT2D eigenvalue weighted by atomic mass is 35.5. The predicted molar refractivity (Wildman–Crippen MR) is 92.5 cm³/mol. The number of methoxy groups -OCH3 is 1. The van der Waals surface area contributed by atoms with Gasteiger partial charge in [0.25, 0.3) is 0 Å². The summed E-state index contributed by atoms with van der Waals surface area (Å²) in [6, 6.07) is 18.3. The third kappa shape index (κ3) is 5.08. The van der Waals surface area contributed by atoms with Crippen LogP contribution in [0.15, 0.2) is 65.1 Å². The maximum Gasteiger partial charge on any atom is 0.137 e. The van der Waals surface area contributed by atoms with Crippen molar-refractivity contribution in [2.45, 2.75) is 13.0 Å². The summed E-state index contributed by atoms with van der Waals surface area (Å²) in [6.45, 7) is 1.45. The molecule has 0 bridgehead atoms. The molecule has 0 fully saturated rings. The van der Waals surface area contributed by atoms with Crippen LogP contribution in [0.5, 0.6) is 5.75 Å². The minimum Gasteiger partial charge on any atom is -1.00 e. The second-order valence-corrected chi connectivity index (χ2v) is 5.52. The van der Waals surface area contributed by atoms with E-state index in [4.69, 9.17) is 9.15 Å². The van der Waals surface area contributed by atoms with Crippen LogP contribution in [0.3, 0.4) is 0 Å². The monoisotopic (exact) mass is 360 g/mol. The van der Waals surface area contributed by atoms with E-state index < -0.39 is 0 Å². The van der Waals surface area contributed by atoms with Crippen LogP contribution in [0.2, 0.25) is 0 Å². The lowest BCUT2D eigenvalue weighted by atomic mass is 10.1. The van der Waals surface area contributed by atoms with Crippen molar-refractivity contribution in [3.8, 4) is 17.1 Å². The predicted octanol–water partition coefficient (Wildman–Crippen LogP) is 1.43. The molecule has 1 heterocycles. The lowest BCUT2D eigenvalue weighted by molar-refractivity contribution is -0.00000633. The molecule has 0 aliphatic carbocycles. The van der Waals surface area contributed by atoms with Crippen LogP contribution in [0.25, 0.3) is 11.3 Å². The Hall–Kier alpha value is -2.30. The maximum absolute atomic E-state index is 13.7. The molecule has 3 aromatic rings. The molecule has 0 spiro atoms. The van der Waals surface area contributed by atoms with Crippen LogP contribution in [-0.4, -0.2) is 13.7 Å². The Bertz CT molecular complexity index is 786. The highest BCUT2D eigenvalue weighted by Crippen LogP contribution is 2.24. The number of halogens is 2. The van der Waals surface area contributed by atoms with Crippen LogP contribution in [0, 0.1) is 5.82 Å². The molecule has 132 valence electrons. The van der Waals surface area contributed by atoms with Gasteiger partial charge in [0.1, 0.15) is 23.1 Å². The summed E-state index contributed by atoms with van der Waals surface area (Å²) in [4.78, 5) is 0. The Morgan fingerprint density at radius 2 is 1.76 bits per heavy atom. The smallest absolute Gasteiger partial charge is 0.137 e. The van der Waals surface area contributed by atoms with E-state index in [-0.39, 0.29) is 18.2 Å². The second-order valence-electron chi connectivity index (χ2n) is 5.52. The molecular formula is C20H20ClFNO2-. The molecule has 1 aromatic heterocycles. The molecule has 0 unspecified atom stereocenters. The van der Waals surface area contributed by atoms with Crippen molar-refractivity contribution in [2.24, 2.45) is 0 Å². The van der Waals surface area contributed by atoms with Gasteiger partial charge in [-0.05, 0) is 54.9 Å². The van der Waals surface area contributed by atoms with Crippen molar-refractivity contribution in [3.63, 3.8) is 0 Å². The first-order chi connectivity index (χ1) is 11.8. The van der Waals surface area contributed by atoms with Crippen molar-refractivity contribution in [2.75, 3.05) is 13.7 Å². The molecule has 5 heteroatoms. The van der Waals surface area contributed by atoms with E-state index in [2.05, 4.69) is 17.4 Å². The zero-order valence-electron chi connectivity index (χ0n) is 14.0. The lowest BCUT2D eigenvalue weighted by Gasteiger charge is -2.05. The number of nitrogens with one attached hydrogen (secondary N) is 1. The Labute approximate surface area is 153 Å². The first-order valence-electron chi connectivity index (χ1n) is 7.93.